The first-order valence-electron chi connectivity index (χ1n) is 5.49. The first-order valence-corrected chi connectivity index (χ1v) is 5.49. The zero-order chi connectivity index (χ0) is 11.4. The van der Waals surface area contributed by atoms with Crippen LogP contribution in [0.5, 0.6) is 0 Å². The van der Waals surface area contributed by atoms with Gasteiger partial charge < -0.3 is 10.6 Å². The van der Waals surface area contributed by atoms with E-state index >= 15 is 0 Å². The van der Waals surface area contributed by atoms with E-state index in [1.165, 1.54) is 6.07 Å². The monoisotopic (exact) mass is 222 g/mol. The molecule has 3 nitrogen and oxygen atoms in total. The van der Waals surface area contributed by atoms with Gasteiger partial charge in [-0.15, -0.1) is 0 Å². The van der Waals surface area contributed by atoms with Crippen LogP contribution >= 0.6 is 0 Å². The van der Waals surface area contributed by atoms with Crippen molar-refractivity contribution in [2.75, 3.05) is 19.6 Å². The Morgan fingerprint density at radius 2 is 2.19 bits per heavy atom. The topological polar surface area (TPSA) is 41.1 Å². The molecule has 1 amide bonds. The third kappa shape index (κ3) is 2.58. The smallest absolute Gasteiger partial charge is 0.225 e. The highest BCUT2D eigenvalue weighted by molar-refractivity contribution is 5.79. The van der Waals surface area contributed by atoms with Crippen molar-refractivity contribution >= 4 is 5.91 Å². The fourth-order valence-corrected chi connectivity index (χ4v) is 1.64. The summed E-state index contributed by atoms with van der Waals surface area (Å²) in [5.41, 5.74) is 0.648. The van der Waals surface area contributed by atoms with Gasteiger partial charge in [0.05, 0.1) is 5.92 Å². The molecular weight excluding hydrogens is 207 g/mol. The van der Waals surface area contributed by atoms with E-state index in [4.69, 9.17) is 0 Å². The Balaban J connectivity index is 1.75. The van der Waals surface area contributed by atoms with E-state index in [0.717, 1.165) is 13.1 Å². The molecule has 1 aliphatic rings. The molecule has 1 aromatic rings. The van der Waals surface area contributed by atoms with Gasteiger partial charge in [0, 0.05) is 19.6 Å². The van der Waals surface area contributed by atoms with Crippen LogP contribution in [0.2, 0.25) is 0 Å². The lowest BCUT2D eigenvalue weighted by Crippen LogP contribution is -2.51. The lowest BCUT2D eigenvalue weighted by molar-refractivity contribution is -0.126. The summed E-state index contributed by atoms with van der Waals surface area (Å²) in [6.07, 6.45) is 0.540. The van der Waals surface area contributed by atoms with E-state index in [1.54, 1.807) is 18.2 Å². The summed E-state index contributed by atoms with van der Waals surface area (Å²) in [5.74, 6) is -0.0437. The second kappa shape index (κ2) is 5.07. The summed E-state index contributed by atoms with van der Waals surface area (Å²) in [6, 6.07) is 6.65. The third-order valence-corrected chi connectivity index (χ3v) is 2.80. The molecule has 2 rings (SSSR count). The lowest BCUT2D eigenvalue weighted by atomic mass is 10.0. The van der Waals surface area contributed by atoms with Gasteiger partial charge in [-0.1, -0.05) is 18.2 Å². The minimum Gasteiger partial charge on any atom is -0.355 e. The van der Waals surface area contributed by atoms with Gasteiger partial charge in [-0.2, -0.15) is 0 Å². The van der Waals surface area contributed by atoms with Gasteiger partial charge in [0.25, 0.3) is 0 Å². The largest absolute Gasteiger partial charge is 0.355 e. The SMILES string of the molecule is O=C(NCCc1ccccc1F)C1CNC1. The number of halogens is 1. The van der Waals surface area contributed by atoms with Crippen LogP contribution in [0.25, 0.3) is 0 Å². The minimum atomic E-state index is -0.206. The van der Waals surface area contributed by atoms with Crippen molar-refractivity contribution in [1.82, 2.24) is 10.6 Å². The zero-order valence-electron chi connectivity index (χ0n) is 9.00. The Hall–Kier alpha value is -1.42. The number of amides is 1. The molecule has 1 heterocycles. The third-order valence-electron chi connectivity index (χ3n) is 2.80. The van der Waals surface area contributed by atoms with Crippen LogP contribution in [0.15, 0.2) is 24.3 Å². The van der Waals surface area contributed by atoms with Crippen LogP contribution in [-0.2, 0) is 11.2 Å². The predicted molar refractivity (Wildman–Crippen MR) is 59.5 cm³/mol. The molecule has 2 N–H and O–H groups in total. The van der Waals surface area contributed by atoms with Gasteiger partial charge in [0.2, 0.25) is 5.91 Å². The lowest BCUT2D eigenvalue weighted by Gasteiger charge is -2.25. The van der Waals surface area contributed by atoms with Crippen molar-refractivity contribution < 1.29 is 9.18 Å². The highest BCUT2D eigenvalue weighted by Gasteiger charge is 2.24. The Bertz CT molecular complexity index is 377. The highest BCUT2D eigenvalue weighted by Crippen LogP contribution is 2.07. The molecule has 16 heavy (non-hydrogen) atoms. The maximum atomic E-state index is 13.2. The van der Waals surface area contributed by atoms with E-state index in [-0.39, 0.29) is 17.6 Å². The second-order valence-electron chi connectivity index (χ2n) is 3.99. The van der Waals surface area contributed by atoms with Crippen LogP contribution in [0.3, 0.4) is 0 Å². The molecule has 1 fully saturated rings. The van der Waals surface area contributed by atoms with Crippen molar-refractivity contribution in [3.8, 4) is 0 Å². The van der Waals surface area contributed by atoms with Gasteiger partial charge in [0.15, 0.2) is 0 Å². The zero-order valence-corrected chi connectivity index (χ0v) is 9.00. The molecule has 0 aliphatic carbocycles. The van der Waals surface area contributed by atoms with Crippen LogP contribution in [0, 0.1) is 11.7 Å². The Kier molecular flexibility index (Phi) is 3.51. The van der Waals surface area contributed by atoms with Crippen LogP contribution in [-0.4, -0.2) is 25.5 Å². The van der Waals surface area contributed by atoms with Crippen molar-refractivity contribution in [2.45, 2.75) is 6.42 Å². The van der Waals surface area contributed by atoms with E-state index < -0.39 is 0 Å². The second-order valence-corrected chi connectivity index (χ2v) is 3.99. The quantitative estimate of drug-likeness (QED) is 0.787. The standard InChI is InChI=1S/C12H15FN2O/c13-11-4-2-1-3-9(11)5-6-15-12(16)10-7-14-8-10/h1-4,10,14H,5-8H2,(H,15,16). The molecule has 1 saturated heterocycles. The highest BCUT2D eigenvalue weighted by atomic mass is 19.1. The molecule has 0 unspecified atom stereocenters. The number of benzene rings is 1. The molecule has 0 spiro atoms. The number of hydrogen-bond donors (Lipinski definition) is 2. The number of hydrogen-bond acceptors (Lipinski definition) is 2. The molecule has 86 valence electrons. The fourth-order valence-electron chi connectivity index (χ4n) is 1.64. The average molecular weight is 222 g/mol. The van der Waals surface area contributed by atoms with Crippen molar-refractivity contribution in [2.24, 2.45) is 5.92 Å². The van der Waals surface area contributed by atoms with Gasteiger partial charge in [0.1, 0.15) is 5.82 Å². The Morgan fingerprint density at radius 1 is 1.44 bits per heavy atom. The minimum absolute atomic E-state index is 0.0649. The van der Waals surface area contributed by atoms with Crippen molar-refractivity contribution in [3.05, 3.63) is 35.6 Å². The van der Waals surface area contributed by atoms with Gasteiger partial charge in [-0.25, -0.2) is 4.39 Å². The predicted octanol–water partition coefficient (Wildman–Crippen LogP) is 0.704. The average Bonchev–Trinajstić information content (AvgIpc) is 2.18. The van der Waals surface area contributed by atoms with Gasteiger partial charge in [-0.05, 0) is 18.1 Å². The van der Waals surface area contributed by atoms with Crippen LogP contribution in [0.4, 0.5) is 4.39 Å². The van der Waals surface area contributed by atoms with Gasteiger partial charge in [-0.3, -0.25) is 4.79 Å². The molecule has 0 bridgehead atoms. The van der Waals surface area contributed by atoms with Crippen LogP contribution in [0.1, 0.15) is 5.56 Å². The maximum absolute atomic E-state index is 13.2. The molecule has 0 radical (unpaired) electrons. The molecule has 0 saturated carbocycles. The van der Waals surface area contributed by atoms with Crippen molar-refractivity contribution in [1.29, 1.82) is 0 Å². The fraction of sp³-hybridized carbons (Fsp3) is 0.417. The first kappa shape index (κ1) is 11.1. The van der Waals surface area contributed by atoms with Gasteiger partial charge >= 0.3 is 0 Å². The summed E-state index contributed by atoms with van der Waals surface area (Å²) < 4.78 is 13.2. The van der Waals surface area contributed by atoms with Crippen molar-refractivity contribution in [3.63, 3.8) is 0 Å². The van der Waals surface area contributed by atoms with E-state index in [1.807, 2.05) is 0 Å². The number of carbonyl (C=O) groups is 1. The normalized spacial score (nSPS) is 15.6. The van der Waals surface area contributed by atoms with Crippen LogP contribution < -0.4 is 10.6 Å². The van der Waals surface area contributed by atoms with E-state index in [2.05, 4.69) is 10.6 Å². The van der Waals surface area contributed by atoms with E-state index in [0.29, 0.717) is 18.5 Å². The van der Waals surface area contributed by atoms with E-state index in [9.17, 15) is 9.18 Å². The maximum Gasteiger partial charge on any atom is 0.225 e. The summed E-state index contributed by atoms with van der Waals surface area (Å²) in [6.45, 7) is 2.01. The molecule has 1 aromatic carbocycles. The Morgan fingerprint density at radius 3 is 2.81 bits per heavy atom. The first-order chi connectivity index (χ1) is 7.77. The number of carbonyl (C=O) groups excluding carboxylic acids is 1. The number of nitrogens with one attached hydrogen (secondary N) is 2. The summed E-state index contributed by atoms with van der Waals surface area (Å²) in [4.78, 5) is 11.5. The molecule has 4 heteroatoms. The molecule has 0 aromatic heterocycles. The Labute approximate surface area is 94.0 Å². The molecular formula is C12H15FN2O. The molecule has 0 atom stereocenters. The number of rotatable bonds is 4. The summed E-state index contributed by atoms with van der Waals surface area (Å²) >= 11 is 0. The summed E-state index contributed by atoms with van der Waals surface area (Å²) in [7, 11) is 0. The summed E-state index contributed by atoms with van der Waals surface area (Å²) in [5, 5.41) is 5.85. The molecule has 1 aliphatic heterocycles.